The number of hydrogen-bond acceptors (Lipinski definition) is 2. The first kappa shape index (κ1) is 23.1. The van der Waals surface area contributed by atoms with Crippen LogP contribution >= 0.6 is 0 Å². The van der Waals surface area contributed by atoms with Crippen LogP contribution in [0.25, 0.3) is 55.2 Å². The Morgan fingerprint density at radius 1 is 0.410 bits per heavy atom. The molecule has 7 rings (SSSR count). The third kappa shape index (κ3) is 4.58. The summed E-state index contributed by atoms with van der Waals surface area (Å²) in [5.74, 6) is 0. The molecule has 0 unspecified atom stereocenters. The van der Waals surface area contributed by atoms with E-state index >= 15 is 0 Å². The van der Waals surface area contributed by atoms with Gasteiger partial charge in [0.15, 0.2) is 0 Å². The van der Waals surface area contributed by atoms with Crippen LogP contribution in [0.2, 0.25) is 0 Å². The molecule has 2 aromatic heterocycles. The smallest absolute Gasteiger partial charge is 0.0783 e. The van der Waals surface area contributed by atoms with Crippen molar-refractivity contribution in [1.29, 1.82) is 0 Å². The number of aromatic nitrogens is 2. The Kier molecular flexibility index (Phi) is 5.91. The SMILES string of the molecule is c1ccc(-c2ccc(-c3nc(Cc4nc(-c5ccccc5)cc5ccccc45)cc4ccccc34)cc2)cc1. The lowest BCUT2D eigenvalue weighted by Gasteiger charge is -2.13. The normalized spacial score (nSPS) is 11.2. The molecule has 0 saturated heterocycles. The first-order chi connectivity index (χ1) is 19.3. The van der Waals surface area contributed by atoms with Gasteiger partial charge in [-0.1, -0.05) is 133 Å². The van der Waals surface area contributed by atoms with Crippen molar-refractivity contribution in [2.75, 3.05) is 0 Å². The Balaban J connectivity index is 1.33. The van der Waals surface area contributed by atoms with Gasteiger partial charge in [-0.15, -0.1) is 0 Å². The number of rotatable bonds is 5. The van der Waals surface area contributed by atoms with Gasteiger partial charge in [-0.3, -0.25) is 9.97 Å². The molecule has 0 amide bonds. The van der Waals surface area contributed by atoms with E-state index in [9.17, 15) is 0 Å². The van der Waals surface area contributed by atoms with E-state index in [1.807, 2.05) is 12.1 Å². The molecule has 0 aliphatic rings. The van der Waals surface area contributed by atoms with Crippen molar-refractivity contribution in [3.63, 3.8) is 0 Å². The monoisotopic (exact) mass is 498 g/mol. The van der Waals surface area contributed by atoms with Crippen LogP contribution in [0.3, 0.4) is 0 Å². The minimum atomic E-state index is 0.654. The van der Waals surface area contributed by atoms with Crippen molar-refractivity contribution in [3.8, 4) is 33.6 Å². The van der Waals surface area contributed by atoms with Gasteiger partial charge in [0.05, 0.1) is 17.1 Å². The molecule has 0 N–H and O–H groups in total. The molecule has 2 heteroatoms. The zero-order chi connectivity index (χ0) is 26.0. The third-order valence-corrected chi connectivity index (χ3v) is 7.30. The predicted octanol–water partition coefficient (Wildman–Crippen LogP) is 9.37. The lowest BCUT2D eigenvalue weighted by Crippen LogP contribution is -2.00. The van der Waals surface area contributed by atoms with Gasteiger partial charge in [0.1, 0.15) is 0 Å². The maximum atomic E-state index is 5.24. The Labute approximate surface area is 228 Å². The third-order valence-electron chi connectivity index (χ3n) is 7.30. The van der Waals surface area contributed by atoms with E-state index in [1.54, 1.807) is 0 Å². The second-order valence-electron chi connectivity index (χ2n) is 9.84. The Hall–Kier alpha value is -5.08. The standard InChI is InChI=1S/C37H26N2/c1-3-11-26(12-4-1)27-19-21-29(22-20-27)37-34-18-10-8-15-30(34)23-32(38-37)25-36-33-17-9-7-16-31(33)24-35(39-36)28-13-5-2-6-14-28/h1-24H,25H2. The Bertz CT molecular complexity index is 1910. The average molecular weight is 499 g/mol. The van der Waals surface area contributed by atoms with Crippen LogP contribution in [0.15, 0.2) is 146 Å². The van der Waals surface area contributed by atoms with Crippen molar-refractivity contribution in [2.45, 2.75) is 6.42 Å². The summed E-state index contributed by atoms with van der Waals surface area (Å²) in [7, 11) is 0. The highest BCUT2D eigenvalue weighted by atomic mass is 14.8. The van der Waals surface area contributed by atoms with Crippen molar-refractivity contribution in [2.24, 2.45) is 0 Å². The summed E-state index contributed by atoms with van der Waals surface area (Å²) in [6.07, 6.45) is 0.654. The van der Waals surface area contributed by atoms with E-state index in [4.69, 9.17) is 9.97 Å². The number of pyridine rings is 2. The van der Waals surface area contributed by atoms with Crippen molar-refractivity contribution < 1.29 is 0 Å². The molecule has 0 aliphatic carbocycles. The number of benzene rings is 5. The van der Waals surface area contributed by atoms with E-state index in [1.165, 1.54) is 27.3 Å². The molecule has 184 valence electrons. The zero-order valence-corrected chi connectivity index (χ0v) is 21.5. The van der Waals surface area contributed by atoms with Gasteiger partial charge in [0, 0.05) is 34.0 Å². The van der Waals surface area contributed by atoms with Gasteiger partial charge in [-0.05, 0) is 34.0 Å². The largest absolute Gasteiger partial charge is 0.252 e. The molecule has 0 atom stereocenters. The van der Waals surface area contributed by atoms with E-state index < -0.39 is 0 Å². The molecule has 0 fully saturated rings. The van der Waals surface area contributed by atoms with Crippen LogP contribution in [0.4, 0.5) is 0 Å². The molecule has 0 saturated carbocycles. The molecule has 0 aliphatic heterocycles. The molecule has 39 heavy (non-hydrogen) atoms. The Morgan fingerprint density at radius 3 is 1.67 bits per heavy atom. The van der Waals surface area contributed by atoms with Crippen LogP contribution in [0, 0.1) is 0 Å². The quantitative estimate of drug-likeness (QED) is 0.236. The number of fused-ring (bicyclic) bond motifs is 2. The molecule has 0 bridgehead atoms. The van der Waals surface area contributed by atoms with Gasteiger partial charge >= 0.3 is 0 Å². The van der Waals surface area contributed by atoms with Gasteiger partial charge in [0.2, 0.25) is 0 Å². The summed E-state index contributed by atoms with van der Waals surface area (Å²) in [6, 6.07) is 51.0. The van der Waals surface area contributed by atoms with E-state index in [2.05, 4.69) is 133 Å². The summed E-state index contributed by atoms with van der Waals surface area (Å²) in [5, 5.41) is 4.71. The van der Waals surface area contributed by atoms with Crippen LogP contribution in [0.5, 0.6) is 0 Å². The van der Waals surface area contributed by atoms with Crippen molar-refractivity contribution in [1.82, 2.24) is 9.97 Å². The average Bonchev–Trinajstić information content (AvgIpc) is 3.01. The van der Waals surface area contributed by atoms with Crippen LogP contribution in [-0.2, 0) is 6.42 Å². The Morgan fingerprint density at radius 2 is 0.949 bits per heavy atom. The molecular weight excluding hydrogens is 472 g/mol. The van der Waals surface area contributed by atoms with E-state index in [-0.39, 0.29) is 0 Å². The highest BCUT2D eigenvalue weighted by Crippen LogP contribution is 2.32. The van der Waals surface area contributed by atoms with Crippen molar-refractivity contribution >= 4 is 21.5 Å². The fourth-order valence-electron chi connectivity index (χ4n) is 5.35. The molecule has 2 nitrogen and oxygen atoms in total. The number of hydrogen-bond donors (Lipinski definition) is 0. The van der Waals surface area contributed by atoms with E-state index in [0.29, 0.717) is 6.42 Å². The minimum absolute atomic E-state index is 0.654. The molecular formula is C37H26N2. The fraction of sp³-hybridized carbons (Fsp3) is 0.0270. The second kappa shape index (κ2) is 10.00. The summed E-state index contributed by atoms with van der Waals surface area (Å²) >= 11 is 0. The van der Waals surface area contributed by atoms with Crippen LogP contribution < -0.4 is 0 Å². The summed E-state index contributed by atoms with van der Waals surface area (Å²) < 4.78 is 0. The van der Waals surface area contributed by atoms with Crippen LogP contribution in [-0.4, -0.2) is 9.97 Å². The fourth-order valence-corrected chi connectivity index (χ4v) is 5.35. The minimum Gasteiger partial charge on any atom is -0.252 e. The van der Waals surface area contributed by atoms with Gasteiger partial charge < -0.3 is 0 Å². The maximum absolute atomic E-state index is 5.24. The lowest BCUT2D eigenvalue weighted by molar-refractivity contribution is 1.04. The highest BCUT2D eigenvalue weighted by Gasteiger charge is 2.13. The second-order valence-corrected chi connectivity index (χ2v) is 9.84. The maximum Gasteiger partial charge on any atom is 0.0783 e. The predicted molar refractivity (Wildman–Crippen MR) is 163 cm³/mol. The summed E-state index contributed by atoms with van der Waals surface area (Å²) in [6.45, 7) is 0. The zero-order valence-electron chi connectivity index (χ0n) is 21.5. The van der Waals surface area contributed by atoms with Crippen molar-refractivity contribution in [3.05, 3.63) is 157 Å². The summed E-state index contributed by atoms with van der Waals surface area (Å²) in [5.41, 5.74) is 8.70. The van der Waals surface area contributed by atoms with Gasteiger partial charge in [-0.2, -0.15) is 0 Å². The first-order valence-corrected chi connectivity index (χ1v) is 13.3. The lowest BCUT2D eigenvalue weighted by atomic mass is 9.98. The molecule has 7 aromatic rings. The highest BCUT2D eigenvalue weighted by molar-refractivity contribution is 5.95. The topological polar surface area (TPSA) is 25.8 Å². The molecule has 5 aromatic carbocycles. The summed E-state index contributed by atoms with van der Waals surface area (Å²) in [4.78, 5) is 10.4. The van der Waals surface area contributed by atoms with Gasteiger partial charge in [-0.25, -0.2) is 0 Å². The molecule has 2 heterocycles. The van der Waals surface area contributed by atoms with Crippen LogP contribution in [0.1, 0.15) is 11.4 Å². The van der Waals surface area contributed by atoms with E-state index in [0.717, 1.165) is 39.3 Å². The number of nitrogens with zero attached hydrogens (tertiary/aromatic N) is 2. The molecule has 0 spiro atoms. The van der Waals surface area contributed by atoms with Gasteiger partial charge in [0.25, 0.3) is 0 Å². The molecule has 0 radical (unpaired) electrons. The first-order valence-electron chi connectivity index (χ1n) is 13.3.